The summed E-state index contributed by atoms with van der Waals surface area (Å²) in [4.78, 5) is 0. The summed E-state index contributed by atoms with van der Waals surface area (Å²) in [5.74, 6) is 0.643. The highest BCUT2D eigenvalue weighted by Crippen LogP contribution is 2.27. The first-order chi connectivity index (χ1) is 7.27. The molecule has 90 valence electrons. The third-order valence-electron chi connectivity index (χ3n) is 3.13. The van der Waals surface area contributed by atoms with Gasteiger partial charge in [0.1, 0.15) is 0 Å². The maximum Gasteiger partial charge on any atom is 0.0324 e. The SMILES string of the molecule is Cl.N[C@@H](c1cccc(I)c1)C1CCNCC1. The van der Waals surface area contributed by atoms with E-state index < -0.39 is 0 Å². The number of benzene rings is 1. The summed E-state index contributed by atoms with van der Waals surface area (Å²) in [6.07, 6.45) is 2.40. The Balaban J connectivity index is 0.00000128. The molecule has 0 aliphatic carbocycles. The molecule has 4 heteroatoms. The third-order valence-corrected chi connectivity index (χ3v) is 3.80. The lowest BCUT2D eigenvalue weighted by Crippen LogP contribution is -2.33. The Hall–Kier alpha value is 0.160. The van der Waals surface area contributed by atoms with Gasteiger partial charge in [-0.3, -0.25) is 0 Å². The van der Waals surface area contributed by atoms with Crippen LogP contribution in [0.25, 0.3) is 0 Å². The smallest absolute Gasteiger partial charge is 0.0324 e. The van der Waals surface area contributed by atoms with E-state index in [4.69, 9.17) is 5.73 Å². The van der Waals surface area contributed by atoms with Crippen LogP contribution in [0, 0.1) is 9.49 Å². The molecule has 0 radical (unpaired) electrons. The topological polar surface area (TPSA) is 38.0 Å². The zero-order chi connectivity index (χ0) is 10.7. The van der Waals surface area contributed by atoms with E-state index in [1.807, 2.05) is 0 Å². The van der Waals surface area contributed by atoms with Gasteiger partial charge in [-0.05, 0) is 72.1 Å². The van der Waals surface area contributed by atoms with Gasteiger partial charge in [0, 0.05) is 9.61 Å². The first-order valence-electron chi connectivity index (χ1n) is 5.49. The van der Waals surface area contributed by atoms with Crippen LogP contribution in [0.15, 0.2) is 24.3 Å². The van der Waals surface area contributed by atoms with Gasteiger partial charge in [-0.25, -0.2) is 0 Å². The Labute approximate surface area is 117 Å². The van der Waals surface area contributed by atoms with Crippen molar-refractivity contribution in [1.82, 2.24) is 5.32 Å². The summed E-state index contributed by atoms with van der Waals surface area (Å²) < 4.78 is 1.27. The Morgan fingerprint density at radius 1 is 1.31 bits per heavy atom. The third kappa shape index (κ3) is 3.58. The minimum Gasteiger partial charge on any atom is -0.324 e. The van der Waals surface area contributed by atoms with E-state index >= 15 is 0 Å². The van der Waals surface area contributed by atoms with Crippen molar-refractivity contribution in [2.75, 3.05) is 13.1 Å². The fraction of sp³-hybridized carbons (Fsp3) is 0.500. The van der Waals surface area contributed by atoms with Crippen molar-refractivity contribution in [1.29, 1.82) is 0 Å². The van der Waals surface area contributed by atoms with E-state index in [1.165, 1.54) is 22.0 Å². The van der Waals surface area contributed by atoms with Crippen molar-refractivity contribution in [2.45, 2.75) is 18.9 Å². The second kappa shape index (κ2) is 6.79. The van der Waals surface area contributed by atoms with E-state index in [0.717, 1.165) is 13.1 Å². The number of piperidine rings is 1. The van der Waals surface area contributed by atoms with Crippen LogP contribution in [0.5, 0.6) is 0 Å². The monoisotopic (exact) mass is 352 g/mol. The van der Waals surface area contributed by atoms with Crippen molar-refractivity contribution < 1.29 is 0 Å². The molecule has 1 saturated heterocycles. The van der Waals surface area contributed by atoms with Crippen LogP contribution >= 0.6 is 35.0 Å². The molecule has 1 aliphatic rings. The van der Waals surface area contributed by atoms with Crippen LogP contribution in [-0.4, -0.2) is 13.1 Å². The lowest BCUT2D eigenvalue weighted by Gasteiger charge is -2.28. The molecule has 16 heavy (non-hydrogen) atoms. The van der Waals surface area contributed by atoms with Gasteiger partial charge in [0.15, 0.2) is 0 Å². The van der Waals surface area contributed by atoms with Crippen molar-refractivity contribution in [2.24, 2.45) is 11.7 Å². The number of rotatable bonds is 2. The first-order valence-corrected chi connectivity index (χ1v) is 6.57. The van der Waals surface area contributed by atoms with Gasteiger partial charge in [0.05, 0.1) is 0 Å². The molecule has 0 spiro atoms. The average Bonchev–Trinajstić information content (AvgIpc) is 2.29. The summed E-state index contributed by atoms with van der Waals surface area (Å²) in [6, 6.07) is 8.76. The Morgan fingerprint density at radius 2 is 2.00 bits per heavy atom. The maximum atomic E-state index is 6.31. The lowest BCUT2D eigenvalue weighted by molar-refractivity contribution is 0.322. The molecular weight excluding hydrogens is 335 g/mol. The molecule has 1 aromatic rings. The van der Waals surface area contributed by atoms with Crippen LogP contribution in [0.2, 0.25) is 0 Å². The van der Waals surface area contributed by atoms with Gasteiger partial charge >= 0.3 is 0 Å². The van der Waals surface area contributed by atoms with E-state index in [0.29, 0.717) is 5.92 Å². The standard InChI is InChI=1S/C12H17IN2.ClH/c13-11-3-1-2-10(8-11)12(14)9-4-6-15-7-5-9;/h1-3,8-9,12,15H,4-7,14H2;1H/t12-;/m1./s1. The van der Waals surface area contributed by atoms with Crippen molar-refractivity contribution in [3.63, 3.8) is 0 Å². The zero-order valence-electron chi connectivity index (χ0n) is 9.16. The van der Waals surface area contributed by atoms with Crippen LogP contribution in [-0.2, 0) is 0 Å². The molecule has 1 aliphatic heterocycles. The first kappa shape index (κ1) is 14.2. The quantitative estimate of drug-likeness (QED) is 0.803. The van der Waals surface area contributed by atoms with E-state index in [1.54, 1.807) is 0 Å². The van der Waals surface area contributed by atoms with Crippen LogP contribution in [0.3, 0.4) is 0 Å². The van der Waals surface area contributed by atoms with Crippen molar-refractivity contribution in [3.8, 4) is 0 Å². The number of nitrogens with two attached hydrogens (primary N) is 1. The second-order valence-electron chi connectivity index (χ2n) is 4.17. The molecule has 1 fully saturated rings. The molecule has 0 saturated carbocycles. The highest BCUT2D eigenvalue weighted by Gasteiger charge is 2.21. The fourth-order valence-electron chi connectivity index (χ4n) is 2.19. The Kier molecular flexibility index (Phi) is 6.03. The second-order valence-corrected chi connectivity index (χ2v) is 5.41. The van der Waals surface area contributed by atoms with Crippen LogP contribution in [0.4, 0.5) is 0 Å². The molecule has 2 nitrogen and oxygen atoms in total. The zero-order valence-corrected chi connectivity index (χ0v) is 12.1. The van der Waals surface area contributed by atoms with Gasteiger partial charge in [0.2, 0.25) is 0 Å². The van der Waals surface area contributed by atoms with Gasteiger partial charge in [-0.2, -0.15) is 0 Å². The minimum absolute atomic E-state index is 0. The van der Waals surface area contributed by atoms with Crippen molar-refractivity contribution in [3.05, 3.63) is 33.4 Å². The minimum atomic E-state index is 0. The summed E-state index contributed by atoms with van der Waals surface area (Å²) in [5, 5.41) is 3.38. The molecule has 0 amide bonds. The highest BCUT2D eigenvalue weighted by molar-refractivity contribution is 14.1. The maximum absolute atomic E-state index is 6.31. The van der Waals surface area contributed by atoms with Crippen LogP contribution in [0.1, 0.15) is 24.4 Å². The van der Waals surface area contributed by atoms with E-state index in [2.05, 4.69) is 52.2 Å². The number of hydrogen-bond donors (Lipinski definition) is 2. The van der Waals surface area contributed by atoms with E-state index in [9.17, 15) is 0 Å². The largest absolute Gasteiger partial charge is 0.324 e. The molecule has 2 rings (SSSR count). The molecule has 1 aromatic carbocycles. The summed E-state index contributed by atoms with van der Waals surface area (Å²) in [6.45, 7) is 2.23. The molecular formula is C12H18ClIN2. The summed E-state index contributed by atoms with van der Waals surface area (Å²) >= 11 is 2.34. The fourth-order valence-corrected chi connectivity index (χ4v) is 2.76. The molecule has 1 heterocycles. The molecule has 0 unspecified atom stereocenters. The van der Waals surface area contributed by atoms with Gasteiger partial charge < -0.3 is 11.1 Å². The summed E-state index contributed by atoms with van der Waals surface area (Å²) in [7, 11) is 0. The highest BCUT2D eigenvalue weighted by atomic mass is 127. The van der Waals surface area contributed by atoms with Crippen molar-refractivity contribution >= 4 is 35.0 Å². The molecule has 3 N–H and O–H groups in total. The van der Waals surface area contributed by atoms with Gasteiger partial charge in [0.25, 0.3) is 0 Å². The normalized spacial score (nSPS) is 18.9. The predicted octanol–water partition coefficient (Wildman–Crippen LogP) is 2.71. The number of nitrogens with one attached hydrogen (secondary N) is 1. The predicted molar refractivity (Wildman–Crippen MR) is 78.9 cm³/mol. The molecule has 0 aromatic heterocycles. The molecule has 1 atom stereocenters. The van der Waals surface area contributed by atoms with E-state index in [-0.39, 0.29) is 18.4 Å². The van der Waals surface area contributed by atoms with Gasteiger partial charge in [-0.1, -0.05) is 12.1 Å². The lowest BCUT2D eigenvalue weighted by atomic mass is 9.87. The summed E-state index contributed by atoms with van der Waals surface area (Å²) in [5.41, 5.74) is 7.59. The number of hydrogen-bond acceptors (Lipinski definition) is 2. The average molecular weight is 353 g/mol. The van der Waals surface area contributed by atoms with Crippen LogP contribution < -0.4 is 11.1 Å². The van der Waals surface area contributed by atoms with Gasteiger partial charge in [-0.15, -0.1) is 12.4 Å². The number of halogens is 2. The Morgan fingerprint density at radius 3 is 2.62 bits per heavy atom. The Bertz CT molecular complexity index is 327. The molecule has 0 bridgehead atoms.